The van der Waals surface area contributed by atoms with Crippen molar-refractivity contribution in [2.75, 3.05) is 13.2 Å². The summed E-state index contributed by atoms with van der Waals surface area (Å²) in [6, 6.07) is 0. The molecule has 1 aromatic heterocycles. The van der Waals surface area contributed by atoms with Crippen LogP contribution in [0.3, 0.4) is 0 Å². The zero-order chi connectivity index (χ0) is 16.7. The van der Waals surface area contributed by atoms with Crippen molar-refractivity contribution in [1.29, 1.82) is 0 Å². The minimum Gasteiger partial charge on any atom is -0.498 e. The minimum atomic E-state index is 0.371. The number of nitrogens with two attached hydrogens (primary N) is 1. The molecule has 0 bridgehead atoms. The Hall–Kier alpha value is -2.34. The summed E-state index contributed by atoms with van der Waals surface area (Å²) in [5.74, 6) is 1.99. The van der Waals surface area contributed by atoms with Crippen LogP contribution < -0.4 is 5.73 Å². The van der Waals surface area contributed by atoms with Crippen molar-refractivity contribution in [2.24, 2.45) is 10.7 Å². The maximum atomic E-state index is 6.13. The predicted octanol–water partition coefficient (Wildman–Crippen LogP) is 2.72. The first kappa shape index (κ1) is 17.0. The van der Waals surface area contributed by atoms with Crippen molar-refractivity contribution < 1.29 is 9.47 Å². The van der Waals surface area contributed by atoms with Gasteiger partial charge in [0.2, 0.25) is 0 Å². The van der Waals surface area contributed by atoms with Crippen LogP contribution in [0.25, 0.3) is 0 Å². The van der Waals surface area contributed by atoms with Gasteiger partial charge in [0, 0.05) is 24.8 Å². The molecule has 0 saturated carbocycles. The third-order valence-electron chi connectivity index (χ3n) is 3.23. The summed E-state index contributed by atoms with van der Waals surface area (Å²) < 4.78 is 10.9. The van der Waals surface area contributed by atoms with E-state index in [1.54, 1.807) is 0 Å². The summed E-state index contributed by atoms with van der Waals surface area (Å²) in [6.07, 6.45) is 8.54. The van der Waals surface area contributed by atoms with Gasteiger partial charge in [-0.1, -0.05) is 12.2 Å². The highest BCUT2D eigenvalue weighted by atomic mass is 16.5. The first-order valence-corrected chi connectivity index (χ1v) is 7.82. The number of imidazole rings is 1. The molecule has 6 nitrogen and oxygen atoms in total. The van der Waals surface area contributed by atoms with Gasteiger partial charge in [0.1, 0.15) is 23.9 Å². The fourth-order valence-corrected chi connectivity index (χ4v) is 2.21. The van der Waals surface area contributed by atoms with Gasteiger partial charge in [0.05, 0.1) is 12.3 Å². The van der Waals surface area contributed by atoms with Crippen LogP contribution in [0.2, 0.25) is 0 Å². The van der Waals surface area contributed by atoms with Crippen LogP contribution in [0, 0.1) is 6.92 Å². The van der Waals surface area contributed by atoms with Crippen LogP contribution in [0.15, 0.2) is 40.8 Å². The van der Waals surface area contributed by atoms with E-state index in [0.717, 1.165) is 29.4 Å². The number of hydrogen-bond acceptors (Lipinski definition) is 4. The maximum Gasteiger partial charge on any atom is 0.151 e. The normalized spacial score (nSPS) is 15.2. The van der Waals surface area contributed by atoms with Crippen LogP contribution in [0.5, 0.6) is 0 Å². The van der Waals surface area contributed by atoms with Crippen molar-refractivity contribution in [3.05, 3.63) is 53.0 Å². The van der Waals surface area contributed by atoms with Crippen molar-refractivity contribution >= 4 is 5.84 Å². The number of aromatic nitrogens is 2. The van der Waals surface area contributed by atoms with Gasteiger partial charge in [0.25, 0.3) is 0 Å². The molecule has 6 heteroatoms. The van der Waals surface area contributed by atoms with Crippen molar-refractivity contribution in [3.63, 3.8) is 0 Å². The molecule has 0 saturated heterocycles. The minimum absolute atomic E-state index is 0.371. The number of nitrogens with zero attached hydrogens (tertiary/aromatic N) is 2. The topological polar surface area (TPSA) is 85.5 Å². The Kier molecular flexibility index (Phi) is 6.17. The van der Waals surface area contributed by atoms with E-state index in [9.17, 15) is 0 Å². The predicted molar refractivity (Wildman–Crippen MR) is 90.9 cm³/mol. The summed E-state index contributed by atoms with van der Waals surface area (Å²) in [5, 5.41) is 0. The van der Waals surface area contributed by atoms with Gasteiger partial charge in [-0.15, -0.1) is 0 Å². The zero-order valence-corrected chi connectivity index (χ0v) is 13.9. The smallest absolute Gasteiger partial charge is 0.151 e. The van der Waals surface area contributed by atoms with E-state index in [0.29, 0.717) is 31.4 Å². The monoisotopic (exact) mass is 316 g/mol. The second-order valence-electron chi connectivity index (χ2n) is 5.06. The number of aryl methyl sites for hydroxylation is 1. The largest absolute Gasteiger partial charge is 0.498 e. The lowest BCUT2D eigenvalue weighted by Gasteiger charge is -2.05. The van der Waals surface area contributed by atoms with Gasteiger partial charge in [-0.3, -0.25) is 0 Å². The number of hydrogen-bond donors (Lipinski definition) is 2. The first-order chi connectivity index (χ1) is 11.1. The van der Waals surface area contributed by atoms with E-state index in [4.69, 9.17) is 15.2 Å². The quantitative estimate of drug-likeness (QED) is 0.598. The van der Waals surface area contributed by atoms with E-state index in [2.05, 4.69) is 15.0 Å². The lowest BCUT2D eigenvalue weighted by Crippen LogP contribution is -2.15. The Balaban J connectivity index is 2.21. The number of allylic oxidation sites excluding steroid dienone is 4. The molecule has 1 aliphatic carbocycles. The molecular weight excluding hydrogens is 292 g/mol. The second kappa shape index (κ2) is 8.33. The highest BCUT2D eigenvalue weighted by Gasteiger charge is 2.11. The van der Waals surface area contributed by atoms with Gasteiger partial charge in [-0.05, 0) is 26.8 Å². The van der Waals surface area contributed by atoms with Crippen LogP contribution in [0.1, 0.15) is 37.5 Å². The molecule has 0 unspecified atom stereocenters. The molecule has 23 heavy (non-hydrogen) atoms. The fourth-order valence-electron chi connectivity index (χ4n) is 2.21. The van der Waals surface area contributed by atoms with Gasteiger partial charge in [-0.25, -0.2) is 9.98 Å². The van der Waals surface area contributed by atoms with Crippen molar-refractivity contribution in [2.45, 2.75) is 33.8 Å². The first-order valence-electron chi connectivity index (χ1n) is 7.82. The Morgan fingerprint density at radius 2 is 2.22 bits per heavy atom. The lowest BCUT2D eigenvalue weighted by atomic mass is 10.3. The van der Waals surface area contributed by atoms with Crippen LogP contribution in [-0.2, 0) is 16.1 Å². The van der Waals surface area contributed by atoms with E-state index in [-0.39, 0.29) is 0 Å². The van der Waals surface area contributed by atoms with Crippen molar-refractivity contribution in [3.8, 4) is 0 Å². The Labute approximate surface area is 136 Å². The fraction of sp³-hybridized carbons (Fsp3) is 0.412. The highest BCUT2D eigenvalue weighted by molar-refractivity contribution is 5.97. The Morgan fingerprint density at radius 3 is 2.96 bits per heavy atom. The average Bonchev–Trinajstić information content (AvgIpc) is 2.75. The molecule has 3 N–H and O–H groups in total. The third kappa shape index (κ3) is 4.82. The van der Waals surface area contributed by atoms with Crippen LogP contribution in [-0.4, -0.2) is 29.0 Å². The number of amidine groups is 1. The summed E-state index contributed by atoms with van der Waals surface area (Å²) in [5.41, 5.74) is 8.40. The molecule has 124 valence electrons. The maximum absolute atomic E-state index is 6.13. The van der Waals surface area contributed by atoms with E-state index in [1.165, 1.54) is 0 Å². The van der Waals surface area contributed by atoms with E-state index >= 15 is 0 Å². The summed E-state index contributed by atoms with van der Waals surface area (Å²) in [6.45, 7) is 7.53. The van der Waals surface area contributed by atoms with Gasteiger partial charge in [-0.2, -0.15) is 0 Å². The zero-order valence-electron chi connectivity index (χ0n) is 13.9. The van der Waals surface area contributed by atoms with E-state index < -0.39 is 0 Å². The van der Waals surface area contributed by atoms with Gasteiger partial charge < -0.3 is 20.2 Å². The Morgan fingerprint density at radius 1 is 1.39 bits per heavy atom. The Bertz CT molecular complexity index is 654. The number of H-pyrrole nitrogens is 1. The highest BCUT2D eigenvalue weighted by Crippen LogP contribution is 2.15. The molecule has 0 radical (unpaired) electrons. The summed E-state index contributed by atoms with van der Waals surface area (Å²) in [7, 11) is 0. The van der Waals surface area contributed by atoms with Crippen molar-refractivity contribution in [1.82, 2.24) is 9.97 Å². The number of nitrogens with one attached hydrogen (secondary N) is 1. The molecule has 1 aliphatic rings. The number of aromatic amines is 1. The molecule has 2 rings (SSSR count). The van der Waals surface area contributed by atoms with Gasteiger partial charge >= 0.3 is 0 Å². The molecule has 0 fully saturated rings. The summed E-state index contributed by atoms with van der Waals surface area (Å²) in [4.78, 5) is 12.1. The average molecular weight is 316 g/mol. The number of ether oxygens (including phenoxy) is 2. The number of aliphatic imine (C=N–C) groups is 1. The molecule has 1 aromatic rings. The molecule has 0 amide bonds. The lowest BCUT2D eigenvalue weighted by molar-refractivity contribution is 0.129. The van der Waals surface area contributed by atoms with Gasteiger partial charge in [0.15, 0.2) is 5.84 Å². The molecule has 0 atom stereocenters. The number of rotatable bonds is 7. The second-order valence-corrected chi connectivity index (χ2v) is 5.06. The summed E-state index contributed by atoms with van der Waals surface area (Å²) >= 11 is 0. The molecule has 0 aromatic carbocycles. The molecule has 0 aliphatic heterocycles. The van der Waals surface area contributed by atoms with Crippen LogP contribution in [0.4, 0.5) is 0 Å². The standard InChI is InChI=1S/C17H24N4O2/c1-4-22-11-15-19-12(3)16(21-15)17(18)20-13-8-6-7-9-14(10-13)23-5-2/h6-8,10H,4-5,9,11H2,1-3H3,(H2,18,20)(H,19,21). The van der Waals surface area contributed by atoms with Crippen LogP contribution >= 0.6 is 0 Å². The molecule has 1 heterocycles. The van der Waals surface area contributed by atoms with E-state index in [1.807, 2.05) is 45.1 Å². The molecular formula is C17H24N4O2. The SMILES string of the molecule is CCOCc1nc(/C(N)=N\C2=CC=CCC(OCC)=C2)c(C)[nH]1. The molecule has 0 spiro atoms. The third-order valence-corrected chi connectivity index (χ3v) is 3.23.